The summed E-state index contributed by atoms with van der Waals surface area (Å²) in [5.74, 6) is -0.201. The third-order valence-electron chi connectivity index (χ3n) is 4.33. The number of aliphatic imine (C=N–C) groups is 1. The van der Waals surface area contributed by atoms with Gasteiger partial charge in [-0.25, -0.2) is 14.2 Å². The summed E-state index contributed by atoms with van der Waals surface area (Å²) in [5.41, 5.74) is 6.32. The maximum atomic E-state index is 13.9. The molecule has 25 heavy (non-hydrogen) atoms. The second-order valence-electron chi connectivity index (χ2n) is 5.91. The Balaban J connectivity index is 0.00000225. The van der Waals surface area contributed by atoms with Crippen LogP contribution in [0.2, 0.25) is 0 Å². The molecule has 3 N–H and O–H groups in total. The lowest BCUT2D eigenvalue weighted by atomic mass is 9.94. The zero-order chi connectivity index (χ0) is 17.2. The molecule has 9 heteroatoms. The molecule has 0 bridgehead atoms. The number of amidine groups is 1. The average Bonchev–Trinajstić information content (AvgIpc) is 2.55. The highest BCUT2D eigenvalue weighted by Gasteiger charge is 2.39. The van der Waals surface area contributed by atoms with E-state index in [0.29, 0.717) is 43.8 Å². The molecule has 0 aromatic heterocycles. The molecule has 1 saturated heterocycles. The molecule has 2 aliphatic heterocycles. The zero-order valence-electron chi connectivity index (χ0n) is 14.0. The van der Waals surface area contributed by atoms with Gasteiger partial charge in [-0.1, -0.05) is 6.07 Å². The van der Waals surface area contributed by atoms with Crippen LogP contribution in [0.1, 0.15) is 18.4 Å². The summed E-state index contributed by atoms with van der Waals surface area (Å²) in [6, 6.07) is 4.78. The largest absolute Gasteiger partial charge is 0.447 e. The molecular weight excluding hydrogens is 351 g/mol. The van der Waals surface area contributed by atoms with Gasteiger partial charge in [-0.05, 0) is 12.1 Å². The van der Waals surface area contributed by atoms with E-state index < -0.39 is 11.5 Å². The summed E-state index contributed by atoms with van der Waals surface area (Å²) in [6.07, 6.45) is 0.785. The third-order valence-corrected chi connectivity index (χ3v) is 4.33. The number of hydrogen-bond acceptors (Lipinski definition) is 6. The Morgan fingerprint density at radius 1 is 1.40 bits per heavy atom. The van der Waals surface area contributed by atoms with Crippen LogP contribution in [0.5, 0.6) is 0 Å². The molecule has 2 heterocycles. The lowest BCUT2D eigenvalue weighted by molar-refractivity contribution is 0.0622. The highest BCUT2D eigenvalue weighted by Crippen LogP contribution is 2.35. The van der Waals surface area contributed by atoms with Gasteiger partial charge in [0.2, 0.25) is 0 Å². The van der Waals surface area contributed by atoms with Gasteiger partial charge in [0.05, 0.1) is 12.2 Å². The quantitative estimate of drug-likeness (QED) is 0.792. The minimum atomic E-state index is -0.603. The van der Waals surface area contributed by atoms with Gasteiger partial charge in [-0.3, -0.25) is 0 Å². The number of piperidine rings is 1. The van der Waals surface area contributed by atoms with E-state index in [2.05, 4.69) is 10.3 Å². The summed E-state index contributed by atoms with van der Waals surface area (Å²) in [4.78, 5) is 18.1. The summed E-state index contributed by atoms with van der Waals surface area (Å²) in [7, 11) is 1.55. The second kappa shape index (κ2) is 7.88. The van der Waals surface area contributed by atoms with Gasteiger partial charge in [-0.15, -0.1) is 12.4 Å². The second-order valence-corrected chi connectivity index (χ2v) is 5.91. The minimum absolute atomic E-state index is 0. The minimum Gasteiger partial charge on any atom is -0.447 e. The summed E-state index contributed by atoms with van der Waals surface area (Å²) >= 11 is 0. The Kier molecular flexibility index (Phi) is 6.07. The molecular formula is C16H22ClFN4O3. The van der Waals surface area contributed by atoms with E-state index >= 15 is 0 Å². The number of carbonyl (C=O) groups excluding carboxylic acids is 1. The Morgan fingerprint density at radius 2 is 2.12 bits per heavy atom. The predicted octanol–water partition coefficient (Wildman–Crippen LogP) is 1.95. The van der Waals surface area contributed by atoms with Crippen LogP contribution < -0.4 is 11.1 Å². The first kappa shape index (κ1) is 19.3. The molecule has 0 aliphatic carbocycles. The molecule has 1 aromatic rings. The number of likely N-dealkylation sites (tertiary alicyclic amines) is 1. The lowest BCUT2D eigenvalue weighted by Gasteiger charge is -2.42. The van der Waals surface area contributed by atoms with Crippen LogP contribution in [-0.2, 0) is 9.47 Å². The highest BCUT2D eigenvalue weighted by atomic mass is 35.5. The fraction of sp³-hybridized carbons (Fsp3) is 0.500. The predicted molar refractivity (Wildman–Crippen MR) is 94.8 cm³/mol. The number of amides is 1. The average molecular weight is 373 g/mol. The van der Waals surface area contributed by atoms with Crippen molar-refractivity contribution in [3.8, 4) is 0 Å². The molecule has 138 valence electrons. The lowest BCUT2D eigenvalue weighted by Crippen LogP contribution is -2.52. The van der Waals surface area contributed by atoms with Crippen molar-refractivity contribution in [1.29, 1.82) is 0 Å². The number of anilines is 1. The van der Waals surface area contributed by atoms with E-state index in [-0.39, 0.29) is 30.9 Å². The molecule has 1 spiro atoms. The highest BCUT2D eigenvalue weighted by molar-refractivity contribution is 6.04. The van der Waals surface area contributed by atoms with Crippen LogP contribution in [0.4, 0.5) is 14.9 Å². The number of nitrogens with zero attached hydrogens (tertiary/aromatic N) is 2. The Morgan fingerprint density at radius 3 is 2.80 bits per heavy atom. The molecule has 0 unspecified atom stereocenters. The van der Waals surface area contributed by atoms with Gasteiger partial charge in [0.15, 0.2) is 0 Å². The number of nitrogens with one attached hydrogen (secondary N) is 1. The molecule has 7 nitrogen and oxygen atoms in total. The summed E-state index contributed by atoms with van der Waals surface area (Å²) in [6.45, 7) is 1.57. The van der Waals surface area contributed by atoms with Gasteiger partial charge in [0.25, 0.3) is 0 Å². The number of methoxy groups -OCH3 is 1. The van der Waals surface area contributed by atoms with Gasteiger partial charge >= 0.3 is 6.09 Å². The van der Waals surface area contributed by atoms with Crippen molar-refractivity contribution in [3.63, 3.8) is 0 Å². The number of nitrogens with two attached hydrogens (primary N) is 1. The summed E-state index contributed by atoms with van der Waals surface area (Å²) in [5, 5.41) is 3.29. The first-order valence-corrected chi connectivity index (χ1v) is 7.88. The van der Waals surface area contributed by atoms with Gasteiger partial charge < -0.3 is 25.4 Å². The van der Waals surface area contributed by atoms with E-state index in [1.807, 2.05) is 0 Å². The number of halogens is 2. The van der Waals surface area contributed by atoms with E-state index in [9.17, 15) is 9.18 Å². The molecule has 0 atom stereocenters. The van der Waals surface area contributed by atoms with Crippen LogP contribution >= 0.6 is 12.4 Å². The van der Waals surface area contributed by atoms with Crippen molar-refractivity contribution in [2.45, 2.75) is 18.5 Å². The van der Waals surface area contributed by atoms with Crippen LogP contribution in [0.3, 0.4) is 0 Å². The molecule has 0 radical (unpaired) electrons. The molecule has 3 rings (SSSR count). The number of ether oxygens (including phenoxy) is 2. The van der Waals surface area contributed by atoms with Crippen LogP contribution in [0.25, 0.3) is 0 Å². The first-order chi connectivity index (χ1) is 11.5. The maximum absolute atomic E-state index is 13.9. The molecule has 0 saturated carbocycles. The third kappa shape index (κ3) is 3.96. The monoisotopic (exact) mass is 372 g/mol. The smallest absolute Gasteiger partial charge is 0.409 e. The first-order valence-electron chi connectivity index (χ1n) is 7.88. The SMILES string of the molecule is COCCOC(=O)N1CCC2(CC1)N=C(N)c1c(F)cccc1N2.Cl. The molecule has 2 aliphatic rings. The van der Waals surface area contributed by atoms with Gasteiger partial charge in [0, 0.05) is 38.7 Å². The number of fused-ring (bicyclic) bond motifs is 1. The van der Waals surface area contributed by atoms with Crippen molar-refractivity contribution in [2.24, 2.45) is 10.7 Å². The standard InChI is InChI=1S/C16H21FN4O3.ClH/c1-23-9-10-24-15(22)21-7-5-16(6-8-21)19-12-4-2-3-11(17)13(12)14(18)20-16;/h2-4,19H,5-10H2,1H3,(H2,18,20);1H. The number of benzene rings is 1. The number of rotatable bonds is 3. The Labute approximate surface area is 151 Å². The molecule has 1 fully saturated rings. The number of hydrogen-bond donors (Lipinski definition) is 2. The Bertz CT molecular complexity index is 663. The van der Waals surface area contributed by atoms with Crippen LogP contribution in [-0.4, -0.2) is 55.9 Å². The van der Waals surface area contributed by atoms with Crippen molar-refractivity contribution in [2.75, 3.05) is 38.7 Å². The fourth-order valence-corrected chi connectivity index (χ4v) is 3.05. The number of carbonyl (C=O) groups is 1. The zero-order valence-corrected chi connectivity index (χ0v) is 14.8. The van der Waals surface area contributed by atoms with E-state index in [1.54, 1.807) is 24.1 Å². The molecule has 1 amide bonds. The topological polar surface area (TPSA) is 89.2 Å². The van der Waals surface area contributed by atoms with Gasteiger partial charge in [0.1, 0.15) is 23.9 Å². The van der Waals surface area contributed by atoms with Gasteiger partial charge in [-0.2, -0.15) is 0 Å². The summed E-state index contributed by atoms with van der Waals surface area (Å²) < 4.78 is 23.9. The van der Waals surface area contributed by atoms with E-state index in [1.165, 1.54) is 6.07 Å². The molecule has 1 aromatic carbocycles. The maximum Gasteiger partial charge on any atom is 0.409 e. The van der Waals surface area contributed by atoms with E-state index in [0.717, 1.165) is 0 Å². The van der Waals surface area contributed by atoms with Crippen LogP contribution in [0.15, 0.2) is 23.2 Å². The Hall–Kier alpha value is -2.06. The van der Waals surface area contributed by atoms with Crippen LogP contribution in [0, 0.1) is 5.82 Å². The van der Waals surface area contributed by atoms with E-state index in [4.69, 9.17) is 15.2 Å². The fourth-order valence-electron chi connectivity index (χ4n) is 3.05. The van der Waals surface area contributed by atoms with Crippen molar-refractivity contribution in [3.05, 3.63) is 29.6 Å². The van der Waals surface area contributed by atoms with Crippen molar-refractivity contribution < 1.29 is 18.7 Å². The normalized spacial score (nSPS) is 17.8. The van der Waals surface area contributed by atoms with Crippen molar-refractivity contribution >= 4 is 30.0 Å². The van der Waals surface area contributed by atoms with Crippen molar-refractivity contribution in [1.82, 2.24) is 4.90 Å².